The summed E-state index contributed by atoms with van der Waals surface area (Å²) < 4.78 is 57.5. The third-order valence-electron chi connectivity index (χ3n) is 11.5. The van der Waals surface area contributed by atoms with Crippen LogP contribution in [0.4, 0.5) is 0 Å². The Hall–Kier alpha value is -4.86. The maximum Gasteiger partial charge on any atom is 0.517 e. The first-order chi connectivity index (χ1) is 32.6. The van der Waals surface area contributed by atoms with Gasteiger partial charge in [0.05, 0.1) is 6.23 Å². The average molecular weight is 1010 g/mol. The summed E-state index contributed by atoms with van der Waals surface area (Å²) in [5.74, 6) is 0. The van der Waals surface area contributed by atoms with E-state index in [0.717, 1.165) is 47.4 Å². The van der Waals surface area contributed by atoms with Gasteiger partial charge >= 0.3 is 64.5 Å². The second-order valence-electron chi connectivity index (χ2n) is 15.9. The lowest BCUT2D eigenvalue weighted by atomic mass is 10.1. The molecule has 66 heavy (non-hydrogen) atoms. The van der Waals surface area contributed by atoms with E-state index in [1.54, 1.807) is 0 Å². The molecule has 2 heterocycles. The SMILES string of the molecule is O[Si]1(c2ccccc2-c2ccccc2[SiH]2O[SiH](c3ccccc3)OC[SiH](c3ccccc3)O[SiH](c3ccccc3)O2)O[SiH](c2ccccc2)O[SiH](c2ccccc2)O[SiH](c2ccccc2)O1. The molecule has 8 aromatic rings. The van der Waals surface area contributed by atoms with Crippen LogP contribution in [0.15, 0.2) is 231 Å². The molecule has 9 nitrogen and oxygen atoms in total. The molecule has 0 aromatic heterocycles. The molecule has 1 N–H and O–H groups in total. The minimum absolute atomic E-state index is 0.450. The molecule has 0 aliphatic carbocycles. The normalized spacial score (nSPS) is 25.0. The zero-order chi connectivity index (χ0) is 44.5. The quantitative estimate of drug-likeness (QED) is 0.212. The first kappa shape index (κ1) is 44.9. The fraction of sp³-hybridized carbons (Fsp3) is 0.0204. The highest BCUT2D eigenvalue weighted by molar-refractivity contribution is 6.92. The molecule has 2 aliphatic rings. The number of hydrogen-bond donors (Lipinski definition) is 1. The third-order valence-corrected chi connectivity index (χ3v) is 35.3. The molecular weight excluding hydrogens is 957 g/mol. The van der Waals surface area contributed by atoms with Gasteiger partial charge in [-0.3, -0.25) is 0 Å². The van der Waals surface area contributed by atoms with Crippen molar-refractivity contribution >= 4 is 115 Å². The molecule has 10 rings (SSSR count). The molecule has 8 aromatic carbocycles. The second kappa shape index (κ2) is 21.4. The Morgan fingerprint density at radius 2 is 0.667 bits per heavy atom. The van der Waals surface area contributed by atoms with Crippen molar-refractivity contribution in [2.45, 2.75) is 0 Å². The van der Waals surface area contributed by atoms with E-state index >= 15 is 0 Å². The Kier molecular flexibility index (Phi) is 14.6. The molecule has 0 radical (unpaired) electrons. The molecule has 2 aliphatic heterocycles. The van der Waals surface area contributed by atoms with E-state index in [2.05, 4.69) is 60.7 Å². The third kappa shape index (κ3) is 10.5. The standard InChI is InChI=1S/C49H48O9Si8/c50-66(57-63(44-31-15-5-16-32-44)54-62(43-29-13-4-14-30-43)55-64(58-66)45-33-17-6-18-34-45)49-38-22-20-36-47(49)46-35-19-21-37-48(46)65-53-60(41-25-9-2-10-26-41)51-39-59(40-23-7-1-8-24-40)52-61(56-65)42-27-11-3-12-28-42/h1-38,50,59-65H,39H2. The monoisotopic (exact) mass is 1000 g/mol. The lowest BCUT2D eigenvalue weighted by Gasteiger charge is -2.38. The fourth-order valence-corrected chi connectivity index (χ4v) is 35.7. The van der Waals surface area contributed by atoms with Crippen LogP contribution in [0.3, 0.4) is 0 Å². The van der Waals surface area contributed by atoms with Crippen molar-refractivity contribution in [2.75, 3.05) is 6.23 Å². The molecule has 0 bridgehead atoms. The Morgan fingerprint density at radius 1 is 0.318 bits per heavy atom. The molecule has 330 valence electrons. The zero-order valence-corrected chi connectivity index (χ0v) is 45.0. The van der Waals surface area contributed by atoms with Crippen molar-refractivity contribution in [3.8, 4) is 11.1 Å². The molecule has 0 spiro atoms. The molecule has 17 heteroatoms. The maximum atomic E-state index is 13.5. The summed E-state index contributed by atoms with van der Waals surface area (Å²) in [5, 5.41) is 7.42. The van der Waals surface area contributed by atoms with Gasteiger partial charge < -0.3 is 38.0 Å². The van der Waals surface area contributed by atoms with Gasteiger partial charge in [-0.1, -0.05) is 231 Å². The Morgan fingerprint density at radius 3 is 1.17 bits per heavy atom. The van der Waals surface area contributed by atoms with Crippen molar-refractivity contribution in [1.29, 1.82) is 0 Å². The number of benzene rings is 8. The van der Waals surface area contributed by atoms with Gasteiger partial charge in [0.15, 0.2) is 0 Å². The summed E-state index contributed by atoms with van der Waals surface area (Å²) in [5.41, 5.74) is 1.61. The highest BCUT2D eigenvalue weighted by atomic mass is 28.5. The van der Waals surface area contributed by atoms with E-state index in [4.69, 9.17) is 33.2 Å². The summed E-state index contributed by atoms with van der Waals surface area (Å²) in [6.45, 7) is 0. The van der Waals surface area contributed by atoms with Crippen LogP contribution in [0.25, 0.3) is 11.1 Å². The van der Waals surface area contributed by atoms with E-state index < -0.39 is 73.5 Å². The Labute approximate surface area is 398 Å². The smallest absolute Gasteiger partial charge is 0.432 e. The van der Waals surface area contributed by atoms with Crippen molar-refractivity contribution in [2.24, 2.45) is 0 Å². The van der Waals surface area contributed by atoms with Gasteiger partial charge in [-0.05, 0) is 47.4 Å². The van der Waals surface area contributed by atoms with Crippen molar-refractivity contribution in [3.05, 3.63) is 231 Å². The number of hydrogen-bond acceptors (Lipinski definition) is 9. The molecule has 6 atom stereocenters. The molecule has 0 saturated carbocycles. The van der Waals surface area contributed by atoms with Crippen molar-refractivity contribution < 1.29 is 38.0 Å². The fourth-order valence-electron chi connectivity index (χ4n) is 8.21. The second-order valence-corrected chi connectivity index (χ2v) is 35.2. The minimum atomic E-state index is -4.42. The number of rotatable bonds is 9. The summed E-state index contributed by atoms with van der Waals surface area (Å²) >= 11 is 0. The van der Waals surface area contributed by atoms with Gasteiger partial charge in [-0.25, -0.2) is 0 Å². The van der Waals surface area contributed by atoms with E-state index in [1.165, 1.54) is 0 Å². The Balaban J connectivity index is 1.09. The molecule has 0 amide bonds. The highest BCUT2D eigenvalue weighted by Crippen LogP contribution is 2.24. The largest absolute Gasteiger partial charge is 0.517 e. The van der Waals surface area contributed by atoms with Crippen LogP contribution in [0.1, 0.15) is 0 Å². The van der Waals surface area contributed by atoms with Crippen LogP contribution in [-0.4, -0.2) is 84.6 Å². The molecular formula is C49H48O9Si8. The van der Waals surface area contributed by atoms with Crippen molar-refractivity contribution in [3.63, 3.8) is 0 Å². The van der Waals surface area contributed by atoms with Gasteiger partial charge in [-0.2, -0.15) is 0 Å². The van der Waals surface area contributed by atoms with E-state index in [9.17, 15) is 4.80 Å². The summed E-state index contributed by atoms with van der Waals surface area (Å²) in [6.07, 6.45) is 0.450. The van der Waals surface area contributed by atoms with Gasteiger partial charge in [0.2, 0.25) is 9.04 Å². The highest BCUT2D eigenvalue weighted by Gasteiger charge is 2.51. The molecule has 2 saturated heterocycles. The lowest BCUT2D eigenvalue weighted by Crippen LogP contribution is -2.68. The minimum Gasteiger partial charge on any atom is -0.432 e. The van der Waals surface area contributed by atoms with Crippen LogP contribution in [0.2, 0.25) is 0 Å². The topological polar surface area (TPSA) is 94.1 Å². The summed E-state index contributed by atoms with van der Waals surface area (Å²) in [4.78, 5) is 13.5. The average Bonchev–Trinajstić information content (AvgIpc) is 3.48. The van der Waals surface area contributed by atoms with E-state index in [1.807, 2.05) is 170 Å². The predicted molar refractivity (Wildman–Crippen MR) is 279 cm³/mol. The lowest BCUT2D eigenvalue weighted by molar-refractivity contribution is 0.218. The first-order valence-electron chi connectivity index (χ1n) is 22.0. The maximum absolute atomic E-state index is 13.5. The molecule has 6 unspecified atom stereocenters. The zero-order valence-electron chi connectivity index (χ0n) is 35.9. The summed E-state index contributed by atoms with van der Waals surface area (Å²) in [7, 11) is -23.2. The van der Waals surface area contributed by atoms with E-state index in [-0.39, 0.29) is 0 Å². The van der Waals surface area contributed by atoms with Crippen LogP contribution in [-0.2, 0) is 33.2 Å². The van der Waals surface area contributed by atoms with Crippen LogP contribution >= 0.6 is 0 Å². The van der Waals surface area contributed by atoms with Gasteiger partial charge in [0.1, 0.15) is 0 Å². The Bertz CT molecular complexity index is 2730. The predicted octanol–water partition coefficient (Wildman–Crippen LogP) is 0.888. The van der Waals surface area contributed by atoms with Crippen molar-refractivity contribution in [1.82, 2.24) is 0 Å². The van der Waals surface area contributed by atoms with Crippen LogP contribution in [0.5, 0.6) is 0 Å². The molecule has 2 fully saturated rings. The van der Waals surface area contributed by atoms with Gasteiger partial charge in [0.25, 0.3) is 0 Å². The summed E-state index contributed by atoms with van der Waals surface area (Å²) in [6, 6.07) is 77.0. The van der Waals surface area contributed by atoms with E-state index in [0.29, 0.717) is 11.4 Å². The first-order valence-corrected chi connectivity index (χ1v) is 34.8. The van der Waals surface area contributed by atoms with Crippen LogP contribution in [0, 0.1) is 0 Å². The van der Waals surface area contributed by atoms with Crippen LogP contribution < -0.4 is 41.5 Å². The van der Waals surface area contributed by atoms with Gasteiger partial charge in [-0.15, -0.1) is 0 Å². The van der Waals surface area contributed by atoms with Gasteiger partial charge in [0, 0.05) is 5.19 Å².